The van der Waals surface area contributed by atoms with E-state index in [-0.39, 0.29) is 6.42 Å². The molecule has 18 heteroatoms. The summed E-state index contributed by atoms with van der Waals surface area (Å²) >= 11 is 0. The number of methoxy groups -OCH3 is 1. The second-order valence-corrected chi connectivity index (χ2v) is 6.24. The normalized spacial score (nSPS) is 26.2. The molecule has 32 heavy (non-hydrogen) atoms. The Labute approximate surface area is 174 Å². The second-order valence-electron chi connectivity index (χ2n) is 6.24. The lowest BCUT2D eigenvalue weighted by Crippen LogP contribution is -2.70. The van der Waals surface area contributed by atoms with Crippen LogP contribution in [0.5, 0.6) is 0 Å². The molecule has 1 fully saturated rings. The van der Waals surface area contributed by atoms with E-state index in [1.54, 1.807) is 0 Å². The monoisotopic (exact) mass is 498 g/mol. The van der Waals surface area contributed by atoms with Gasteiger partial charge in [0.2, 0.25) is 5.79 Å². The lowest BCUT2D eigenvalue weighted by atomic mass is 9.82. The molecular weight excluding hydrogens is 480 g/mol. The minimum Gasteiger partial charge on any atom is -0.450 e. The summed E-state index contributed by atoms with van der Waals surface area (Å²) in [7, 11) is 0.905. The Morgan fingerprint density at radius 1 is 1.03 bits per heavy atom. The molecule has 1 aliphatic rings. The van der Waals surface area contributed by atoms with Gasteiger partial charge in [-0.15, -0.1) is 18.1 Å². The molecular formula is C14H18F8O10. The van der Waals surface area contributed by atoms with Gasteiger partial charge in [-0.1, -0.05) is 0 Å². The molecule has 0 radical (unpaired) electrons. The van der Waals surface area contributed by atoms with Crippen molar-refractivity contribution in [2.75, 3.05) is 13.7 Å². The molecule has 0 spiro atoms. The van der Waals surface area contributed by atoms with Crippen LogP contribution in [0.15, 0.2) is 0 Å². The molecule has 10 nitrogen and oxygen atoms in total. The van der Waals surface area contributed by atoms with Crippen molar-refractivity contribution in [2.45, 2.75) is 69.7 Å². The first-order valence-electron chi connectivity index (χ1n) is 8.34. The van der Waals surface area contributed by atoms with Gasteiger partial charge >= 0.3 is 31.5 Å². The van der Waals surface area contributed by atoms with Gasteiger partial charge < -0.3 is 19.3 Å². The molecule has 1 N–H and O–H groups in total. The number of ether oxygens (including phenoxy) is 6. The van der Waals surface area contributed by atoms with Gasteiger partial charge in [0.15, 0.2) is 6.61 Å². The summed E-state index contributed by atoms with van der Waals surface area (Å²) in [6, 6.07) is 0. The van der Waals surface area contributed by atoms with Crippen molar-refractivity contribution in [2.24, 2.45) is 0 Å². The molecule has 3 atom stereocenters. The first kappa shape index (κ1) is 28.5. The first-order valence-corrected chi connectivity index (χ1v) is 8.34. The summed E-state index contributed by atoms with van der Waals surface area (Å²) in [6.45, 7) is -3.52. The van der Waals surface area contributed by atoms with Crippen LogP contribution in [-0.4, -0.2) is 68.0 Å². The summed E-state index contributed by atoms with van der Waals surface area (Å²) < 4.78 is 126. The predicted octanol–water partition coefficient (Wildman–Crippen LogP) is 3.85. The lowest BCUT2D eigenvalue weighted by molar-refractivity contribution is -0.667. The first-order chi connectivity index (χ1) is 14.4. The minimum absolute atomic E-state index is 0.270. The number of hydrogen-bond acceptors (Lipinski definition) is 9. The lowest BCUT2D eigenvalue weighted by Gasteiger charge is -2.54. The smallest absolute Gasteiger partial charge is 0.450 e. The van der Waals surface area contributed by atoms with Gasteiger partial charge in [0, 0.05) is 20.0 Å². The molecule has 0 aromatic heterocycles. The van der Waals surface area contributed by atoms with Crippen molar-refractivity contribution in [3.8, 4) is 0 Å². The summed E-state index contributed by atoms with van der Waals surface area (Å²) in [6.07, 6.45) is -20.3. The van der Waals surface area contributed by atoms with Gasteiger partial charge in [-0.3, -0.25) is 9.47 Å². The zero-order valence-electron chi connectivity index (χ0n) is 16.4. The number of carboxylic acid groups (broad SMARTS) is 1. The van der Waals surface area contributed by atoms with Gasteiger partial charge in [0.1, 0.15) is 0 Å². The number of halogens is 8. The van der Waals surface area contributed by atoms with Gasteiger partial charge in [0.05, 0.1) is 6.10 Å². The van der Waals surface area contributed by atoms with Crippen molar-refractivity contribution in [3.05, 3.63) is 0 Å². The molecule has 1 aliphatic carbocycles. The van der Waals surface area contributed by atoms with Crippen LogP contribution in [0.1, 0.15) is 26.7 Å². The molecule has 1 rings (SSSR count). The fourth-order valence-corrected chi connectivity index (χ4v) is 2.46. The van der Waals surface area contributed by atoms with Crippen LogP contribution in [0.3, 0.4) is 0 Å². The summed E-state index contributed by atoms with van der Waals surface area (Å²) in [4.78, 5) is 19.1. The van der Waals surface area contributed by atoms with Gasteiger partial charge in [-0.2, -0.15) is 31.6 Å². The Bertz CT molecular complexity index is 626. The standard InChI is InChI=1S/C14H18F8O10/c1-7(2)27-10(25-3)4-5-11(10,28-8(15)16)31-32-14(29-9(23)24,30-13(20,21)22)26-6-12(17,18)19/h7-8H,4-6H2,1-3H3,(H,23,24). The van der Waals surface area contributed by atoms with Crippen molar-refractivity contribution in [1.82, 2.24) is 0 Å². The van der Waals surface area contributed by atoms with Crippen LogP contribution >= 0.6 is 0 Å². The Balaban J connectivity index is 3.33. The average Bonchev–Trinajstić information content (AvgIpc) is 2.57. The van der Waals surface area contributed by atoms with E-state index < -0.39 is 62.2 Å². The number of hydrogen-bond donors (Lipinski definition) is 1. The van der Waals surface area contributed by atoms with Crippen molar-refractivity contribution < 1.29 is 83.2 Å². The fraction of sp³-hybridized carbons (Fsp3) is 0.929. The van der Waals surface area contributed by atoms with Gasteiger partial charge in [-0.05, 0) is 13.8 Å². The van der Waals surface area contributed by atoms with Crippen LogP contribution < -0.4 is 0 Å². The van der Waals surface area contributed by atoms with E-state index >= 15 is 0 Å². The number of carbonyl (C=O) groups is 1. The van der Waals surface area contributed by atoms with Crippen molar-refractivity contribution >= 4 is 6.16 Å². The summed E-state index contributed by atoms with van der Waals surface area (Å²) in [5.41, 5.74) is 0. The van der Waals surface area contributed by atoms with Crippen LogP contribution in [0.4, 0.5) is 39.9 Å². The Morgan fingerprint density at radius 3 is 1.94 bits per heavy atom. The largest absolute Gasteiger partial charge is 0.529 e. The van der Waals surface area contributed by atoms with Crippen LogP contribution in [0.25, 0.3) is 0 Å². The van der Waals surface area contributed by atoms with Gasteiger partial charge in [0.25, 0.3) is 5.79 Å². The van der Waals surface area contributed by atoms with Gasteiger partial charge in [-0.25, -0.2) is 4.79 Å². The molecule has 1 saturated carbocycles. The molecule has 0 amide bonds. The van der Waals surface area contributed by atoms with Crippen molar-refractivity contribution in [3.63, 3.8) is 0 Å². The molecule has 0 aliphatic heterocycles. The van der Waals surface area contributed by atoms with E-state index in [1.165, 1.54) is 13.8 Å². The highest BCUT2D eigenvalue weighted by molar-refractivity contribution is 5.57. The fourth-order valence-electron chi connectivity index (χ4n) is 2.46. The van der Waals surface area contributed by atoms with E-state index in [9.17, 15) is 39.9 Å². The highest BCUT2D eigenvalue weighted by Crippen LogP contribution is 2.52. The third kappa shape index (κ3) is 7.78. The Kier molecular flexibility index (Phi) is 9.02. The molecule has 0 aromatic rings. The molecule has 0 aromatic carbocycles. The van der Waals surface area contributed by atoms with E-state index in [0.29, 0.717) is 0 Å². The third-order valence-electron chi connectivity index (χ3n) is 3.54. The molecule has 0 saturated heterocycles. The molecule has 190 valence electrons. The predicted molar refractivity (Wildman–Crippen MR) is 78.2 cm³/mol. The third-order valence-corrected chi connectivity index (χ3v) is 3.54. The Morgan fingerprint density at radius 2 is 1.59 bits per heavy atom. The topological polar surface area (TPSA) is 111 Å². The second kappa shape index (κ2) is 10.1. The van der Waals surface area contributed by atoms with Crippen molar-refractivity contribution in [1.29, 1.82) is 0 Å². The zero-order chi connectivity index (χ0) is 25.0. The quantitative estimate of drug-likeness (QED) is 0.140. The minimum atomic E-state index is -5.94. The molecule has 0 heterocycles. The Hall–Kier alpha value is -1.57. The van der Waals surface area contributed by atoms with Crippen LogP contribution in [0.2, 0.25) is 0 Å². The SMILES string of the molecule is COC1(OC(C)C)CCC1(OOC(OCC(F)(F)F)(OC(=O)O)OC(F)(F)F)OC(F)F. The maximum Gasteiger partial charge on any atom is 0.529 e. The highest BCUT2D eigenvalue weighted by atomic mass is 19.4. The molecule has 3 unspecified atom stereocenters. The van der Waals surface area contributed by atoms with Crippen LogP contribution in [-0.2, 0) is 38.2 Å². The van der Waals surface area contributed by atoms with E-state index in [2.05, 4.69) is 28.7 Å². The maximum absolute atomic E-state index is 13.0. The summed E-state index contributed by atoms with van der Waals surface area (Å²) in [5.74, 6) is -5.18. The average molecular weight is 498 g/mol. The number of alkyl halides is 8. The highest BCUT2D eigenvalue weighted by Gasteiger charge is 2.69. The van der Waals surface area contributed by atoms with Crippen LogP contribution in [0, 0.1) is 0 Å². The zero-order valence-corrected chi connectivity index (χ0v) is 16.4. The van der Waals surface area contributed by atoms with E-state index in [1.807, 2.05) is 0 Å². The maximum atomic E-state index is 13.0. The van der Waals surface area contributed by atoms with E-state index in [4.69, 9.17) is 14.6 Å². The summed E-state index contributed by atoms with van der Waals surface area (Å²) in [5, 5.41) is 8.62. The van der Waals surface area contributed by atoms with E-state index in [0.717, 1.165) is 7.11 Å². The number of rotatable bonds is 12. The molecule has 0 bridgehead atoms.